The molecule has 1 amide bonds. The predicted molar refractivity (Wildman–Crippen MR) is 82.1 cm³/mol. The lowest BCUT2D eigenvalue weighted by Gasteiger charge is -2.32. The number of hydrogen-bond donors (Lipinski definition) is 1. The number of carbonyl (C=O) groups excluding carboxylic acids is 1. The standard InChI is InChI=1S/C15H33N3O/c1-7-17(8-2)11-10-12-18(9-3)14(19)13(16)15(4,5)6/h13H,7-12,16H2,1-6H3/t13-/m1/s1. The fourth-order valence-electron chi connectivity index (χ4n) is 2.02. The Morgan fingerprint density at radius 3 is 1.95 bits per heavy atom. The molecule has 2 N–H and O–H groups in total. The van der Waals surface area contributed by atoms with E-state index in [-0.39, 0.29) is 11.3 Å². The molecule has 0 radical (unpaired) electrons. The summed E-state index contributed by atoms with van der Waals surface area (Å²) in [6.45, 7) is 17.1. The van der Waals surface area contributed by atoms with Gasteiger partial charge in [0.05, 0.1) is 6.04 Å². The van der Waals surface area contributed by atoms with Crippen LogP contribution in [0.1, 0.15) is 48.0 Å². The zero-order chi connectivity index (χ0) is 15.1. The Kier molecular flexibility index (Phi) is 8.26. The van der Waals surface area contributed by atoms with E-state index in [1.807, 2.05) is 32.6 Å². The van der Waals surface area contributed by atoms with E-state index in [1.165, 1.54) is 0 Å². The first-order chi connectivity index (χ1) is 8.77. The summed E-state index contributed by atoms with van der Waals surface area (Å²) >= 11 is 0. The lowest BCUT2D eigenvalue weighted by atomic mass is 9.86. The largest absolute Gasteiger partial charge is 0.342 e. The highest BCUT2D eigenvalue weighted by molar-refractivity contribution is 5.82. The van der Waals surface area contributed by atoms with E-state index in [9.17, 15) is 4.79 Å². The molecule has 1 atom stereocenters. The summed E-state index contributed by atoms with van der Waals surface area (Å²) in [5.74, 6) is 0.0783. The van der Waals surface area contributed by atoms with Gasteiger partial charge < -0.3 is 15.5 Å². The lowest BCUT2D eigenvalue weighted by molar-refractivity contribution is -0.134. The highest BCUT2D eigenvalue weighted by atomic mass is 16.2. The van der Waals surface area contributed by atoms with Gasteiger partial charge in [-0.2, -0.15) is 0 Å². The van der Waals surface area contributed by atoms with Gasteiger partial charge in [0, 0.05) is 13.1 Å². The monoisotopic (exact) mass is 271 g/mol. The van der Waals surface area contributed by atoms with Gasteiger partial charge in [-0.05, 0) is 38.4 Å². The van der Waals surface area contributed by atoms with Gasteiger partial charge in [-0.3, -0.25) is 4.79 Å². The molecule has 4 heteroatoms. The molecule has 19 heavy (non-hydrogen) atoms. The van der Waals surface area contributed by atoms with Crippen molar-refractivity contribution < 1.29 is 4.79 Å². The third kappa shape index (κ3) is 6.39. The molecule has 0 aliphatic carbocycles. The molecule has 0 bridgehead atoms. The van der Waals surface area contributed by atoms with Crippen LogP contribution in [0, 0.1) is 5.41 Å². The zero-order valence-corrected chi connectivity index (χ0v) is 13.7. The molecule has 0 aromatic heterocycles. The van der Waals surface area contributed by atoms with Gasteiger partial charge in [0.1, 0.15) is 0 Å². The molecule has 4 nitrogen and oxygen atoms in total. The van der Waals surface area contributed by atoms with Gasteiger partial charge in [0.15, 0.2) is 0 Å². The van der Waals surface area contributed by atoms with Crippen LogP contribution in [0.3, 0.4) is 0 Å². The van der Waals surface area contributed by atoms with Crippen LogP contribution in [0.15, 0.2) is 0 Å². The summed E-state index contributed by atoms with van der Waals surface area (Å²) in [5, 5.41) is 0. The zero-order valence-electron chi connectivity index (χ0n) is 13.7. The van der Waals surface area contributed by atoms with E-state index in [1.54, 1.807) is 0 Å². The molecule has 0 aliphatic heterocycles. The fraction of sp³-hybridized carbons (Fsp3) is 0.933. The SMILES string of the molecule is CCN(CC)CCCN(CC)C(=O)[C@@H](N)C(C)(C)C. The predicted octanol–water partition coefficient (Wildman–Crippen LogP) is 1.94. The first-order valence-electron chi connectivity index (χ1n) is 7.54. The van der Waals surface area contributed by atoms with Crippen molar-refractivity contribution in [3.05, 3.63) is 0 Å². The number of hydrogen-bond acceptors (Lipinski definition) is 3. The van der Waals surface area contributed by atoms with Crippen molar-refractivity contribution in [2.24, 2.45) is 11.1 Å². The molecule has 0 saturated heterocycles. The number of amides is 1. The average Bonchev–Trinajstić information content (AvgIpc) is 2.36. The molecular weight excluding hydrogens is 238 g/mol. The summed E-state index contributed by atoms with van der Waals surface area (Å²) in [6.07, 6.45) is 1.01. The van der Waals surface area contributed by atoms with Gasteiger partial charge >= 0.3 is 0 Å². The smallest absolute Gasteiger partial charge is 0.240 e. The van der Waals surface area contributed by atoms with Gasteiger partial charge in [0.2, 0.25) is 5.91 Å². The number of likely N-dealkylation sites (N-methyl/N-ethyl adjacent to an activating group) is 1. The number of carbonyl (C=O) groups is 1. The van der Waals surface area contributed by atoms with Crippen LogP contribution in [-0.2, 0) is 4.79 Å². The Labute approximate surface area is 119 Å². The van der Waals surface area contributed by atoms with Crippen LogP contribution in [-0.4, -0.2) is 54.5 Å². The van der Waals surface area contributed by atoms with Crippen molar-refractivity contribution >= 4 is 5.91 Å². The maximum absolute atomic E-state index is 12.3. The molecule has 0 aliphatic rings. The number of nitrogens with zero attached hydrogens (tertiary/aromatic N) is 2. The van der Waals surface area contributed by atoms with Crippen LogP contribution in [0.4, 0.5) is 0 Å². The molecule has 0 heterocycles. The Hall–Kier alpha value is -0.610. The van der Waals surface area contributed by atoms with Gasteiger partial charge in [-0.15, -0.1) is 0 Å². The summed E-state index contributed by atoms with van der Waals surface area (Å²) < 4.78 is 0. The van der Waals surface area contributed by atoms with E-state index < -0.39 is 6.04 Å². The van der Waals surface area contributed by atoms with Crippen molar-refractivity contribution in [1.29, 1.82) is 0 Å². The third-order valence-electron chi connectivity index (χ3n) is 3.69. The molecule has 0 fully saturated rings. The summed E-state index contributed by atoms with van der Waals surface area (Å²) in [7, 11) is 0. The fourth-order valence-corrected chi connectivity index (χ4v) is 2.02. The van der Waals surface area contributed by atoms with Crippen LogP contribution in [0.2, 0.25) is 0 Å². The minimum atomic E-state index is -0.416. The summed E-state index contributed by atoms with van der Waals surface area (Å²) in [6, 6.07) is -0.416. The van der Waals surface area contributed by atoms with Gasteiger partial charge in [0.25, 0.3) is 0 Å². The Morgan fingerprint density at radius 1 is 1.05 bits per heavy atom. The number of nitrogens with two attached hydrogens (primary N) is 1. The van der Waals surface area contributed by atoms with E-state index in [2.05, 4.69) is 18.7 Å². The Bertz CT molecular complexity index is 257. The number of rotatable bonds is 8. The minimum absolute atomic E-state index is 0.0783. The topological polar surface area (TPSA) is 49.6 Å². The van der Waals surface area contributed by atoms with Gasteiger partial charge in [-0.25, -0.2) is 0 Å². The van der Waals surface area contributed by atoms with E-state index in [4.69, 9.17) is 5.73 Å². The van der Waals surface area contributed by atoms with Crippen LogP contribution in [0.5, 0.6) is 0 Å². The van der Waals surface area contributed by atoms with Crippen molar-refractivity contribution in [3.8, 4) is 0 Å². The second kappa shape index (κ2) is 8.54. The van der Waals surface area contributed by atoms with Crippen molar-refractivity contribution in [3.63, 3.8) is 0 Å². The van der Waals surface area contributed by atoms with Crippen LogP contribution < -0.4 is 5.73 Å². The molecule has 0 unspecified atom stereocenters. The van der Waals surface area contributed by atoms with Crippen LogP contribution >= 0.6 is 0 Å². The first kappa shape index (κ1) is 18.4. The van der Waals surface area contributed by atoms with E-state index >= 15 is 0 Å². The lowest BCUT2D eigenvalue weighted by Crippen LogP contribution is -2.50. The first-order valence-corrected chi connectivity index (χ1v) is 7.54. The third-order valence-corrected chi connectivity index (χ3v) is 3.69. The average molecular weight is 271 g/mol. The normalized spacial score (nSPS) is 13.7. The molecule has 0 aromatic rings. The maximum atomic E-state index is 12.3. The molecular formula is C15H33N3O. The summed E-state index contributed by atoms with van der Waals surface area (Å²) in [4.78, 5) is 16.6. The molecule has 0 rings (SSSR count). The Morgan fingerprint density at radius 2 is 1.58 bits per heavy atom. The van der Waals surface area contributed by atoms with E-state index in [0.29, 0.717) is 0 Å². The minimum Gasteiger partial charge on any atom is -0.342 e. The van der Waals surface area contributed by atoms with Crippen LogP contribution in [0.25, 0.3) is 0 Å². The van der Waals surface area contributed by atoms with E-state index in [0.717, 1.165) is 39.1 Å². The highest BCUT2D eigenvalue weighted by Crippen LogP contribution is 2.19. The maximum Gasteiger partial charge on any atom is 0.240 e. The quantitative estimate of drug-likeness (QED) is 0.734. The molecule has 0 aromatic carbocycles. The Balaban J connectivity index is 4.31. The second-order valence-corrected chi connectivity index (χ2v) is 6.14. The van der Waals surface area contributed by atoms with Crippen molar-refractivity contribution in [1.82, 2.24) is 9.80 Å². The highest BCUT2D eigenvalue weighted by Gasteiger charge is 2.30. The van der Waals surface area contributed by atoms with Gasteiger partial charge in [-0.1, -0.05) is 34.6 Å². The van der Waals surface area contributed by atoms with Crippen molar-refractivity contribution in [2.45, 2.75) is 54.0 Å². The second-order valence-electron chi connectivity index (χ2n) is 6.14. The summed E-state index contributed by atoms with van der Waals surface area (Å²) in [5.41, 5.74) is 5.88. The molecule has 114 valence electrons. The molecule has 0 spiro atoms. The van der Waals surface area contributed by atoms with Crippen molar-refractivity contribution in [2.75, 3.05) is 32.7 Å². The molecule has 0 saturated carbocycles.